The fourth-order valence-corrected chi connectivity index (χ4v) is 2.60. The van der Waals surface area contributed by atoms with Crippen LogP contribution in [0.2, 0.25) is 15.1 Å². The lowest BCUT2D eigenvalue weighted by atomic mass is 10.0. The Morgan fingerprint density at radius 1 is 1.00 bits per heavy atom. The maximum Gasteiger partial charge on any atom is 0.0652 e. The van der Waals surface area contributed by atoms with Crippen LogP contribution in [0.25, 0.3) is 0 Å². The second-order valence-corrected chi connectivity index (χ2v) is 5.56. The van der Waals surface area contributed by atoms with Crippen LogP contribution in [0, 0.1) is 0 Å². The Bertz CT molecular complexity index is 569. The van der Waals surface area contributed by atoms with E-state index in [1.807, 2.05) is 30.3 Å². The molecular weight excluding hydrogens is 301 g/mol. The number of hydrogen-bond acceptors (Lipinski definition) is 1. The molecule has 2 aromatic carbocycles. The second-order valence-electron chi connectivity index (χ2n) is 4.28. The minimum Gasteiger partial charge on any atom is -0.377 e. The van der Waals surface area contributed by atoms with Crippen molar-refractivity contribution in [3.63, 3.8) is 0 Å². The van der Waals surface area contributed by atoms with Gasteiger partial charge in [-0.1, -0.05) is 53.9 Å². The summed E-state index contributed by atoms with van der Waals surface area (Å²) in [4.78, 5) is 0. The molecule has 4 heteroatoms. The number of anilines is 1. The molecule has 1 unspecified atom stereocenters. The highest BCUT2D eigenvalue weighted by Gasteiger charge is 2.11. The summed E-state index contributed by atoms with van der Waals surface area (Å²) in [5.74, 6) is 0. The van der Waals surface area contributed by atoms with E-state index >= 15 is 0 Å². The Kier molecular flexibility index (Phi) is 4.98. The van der Waals surface area contributed by atoms with Crippen LogP contribution in [0.15, 0.2) is 42.5 Å². The molecule has 19 heavy (non-hydrogen) atoms. The van der Waals surface area contributed by atoms with Gasteiger partial charge in [-0.15, -0.1) is 0 Å². The number of nitrogens with one attached hydrogen (secondary N) is 1. The molecule has 0 amide bonds. The van der Waals surface area contributed by atoms with E-state index in [1.54, 1.807) is 6.07 Å². The van der Waals surface area contributed by atoms with Crippen molar-refractivity contribution >= 4 is 40.5 Å². The molecule has 0 heterocycles. The van der Waals surface area contributed by atoms with E-state index in [4.69, 9.17) is 34.8 Å². The van der Waals surface area contributed by atoms with Crippen molar-refractivity contribution in [3.05, 3.63) is 63.1 Å². The molecule has 0 saturated carbocycles. The quantitative estimate of drug-likeness (QED) is 0.707. The van der Waals surface area contributed by atoms with Crippen molar-refractivity contribution in [1.82, 2.24) is 0 Å². The van der Waals surface area contributed by atoms with Gasteiger partial charge in [-0.3, -0.25) is 0 Å². The van der Waals surface area contributed by atoms with Crippen molar-refractivity contribution < 1.29 is 0 Å². The minimum absolute atomic E-state index is 0.164. The Morgan fingerprint density at radius 3 is 2.37 bits per heavy atom. The summed E-state index contributed by atoms with van der Waals surface area (Å²) < 4.78 is 0. The number of hydrogen-bond donors (Lipinski definition) is 1. The molecule has 2 aromatic rings. The van der Waals surface area contributed by atoms with Crippen LogP contribution >= 0.6 is 34.8 Å². The first-order valence-corrected chi connectivity index (χ1v) is 7.20. The molecule has 0 aliphatic rings. The van der Waals surface area contributed by atoms with E-state index in [-0.39, 0.29) is 6.04 Å². The van der Waals surface area contributed by atoms with Crippen molar-refractivity contribution in [2.45, 2.75) is 19.4 Å². The second kappa shape index (κ2) is 6.51. The lowest BCUT2D eigenvalue weighted by molar-refractivity contribution is 0.749. The van der Waals surface area contributed by atoms with Crippen molar-refractivity contribution in [1.29, 1.82) is 0 Å². The summed E-state index contributed by atoms with van der Waals surface area (Å²) in [5.41, 5.74) is 2.01. The molecule has 0 aromatic heterocycles. The van der Waals surface area contributed by atoms with Crippen LogP contribution in [0.3, 0.4) is 0 Å². The summed E-state index contributed by atoms with van der Waals surface area (Å²) in [6.07, 6.45) is 0.930. The van der Waals surface area contributed by atoms with Crippen LogP contribution in [0.5, 0.6) is 0 Å². The molecule has 2 rings (SSSR count). The Balaban J connectivity index is 2.24. The normalized spacial score (nSPS) is 12.2. The van der Waals surface area contributed by atoms with Crippen LogP contribution in [0.4, 0.5) is 5.69 Å². The first-order valence-electron chi connectivity index (χ1n) is 6.07. The van der Waals surface area contributed by atoms with Gasteiger partial charge in [-0.25, -0.2) is 0 Å². The van der Waals surface area contributed by atoms with Gasteiger partial charge in [0.2, 0.25) is 0 Å². The zero-order valence-corrected chi connectivity index (χ0v) is 12.7. The molecule has 1 N–H and O–H groups in total. The summed E-state index contributed by atoms with van der Waals surface area (Å²) in [6, 6.07) is 13.4. The molecule has 1 nitrogen and oxygen atoms in total. The summed E-state index contributed by atoms with van der Waals surface area (Å²) >= 11 is 18.1. The third-order valence-corrected chi connectivity index (χ3v) is 3.70. The number of benzene rings is 2. The average Bonchev–Trinajstić information content (AvgIpc) is 2.38. The van der Waals surface area contributed by atoms with Gasteiger partial charge in [0.1, 0.15) is 0 Å². The molecule has 0 bridgehead atoms. The average molecular weight is 315 g/mol. The van der Waals surface area contributed by atoms with Crippen molar-refractivity contribution in [2.24, 2.45) is 0 Å². The molecule has 0 saturated heterocycles. The fraction of sp³-hybridized carbons (Fsp3) is 0.200. The molecule has 0 aliphatic carbocycles. The zero-order valence-electron chi connectivity index (χ0n) is 10.5. The molecule has 1 atom stereocenters. The van der Waals surface area contributed by atoms with Gasteiger partial charge in [0.05, 0.1) is 16.8 Å². The van der Waals surface area contributed by atoms with Gasteiger partial charge in [0.15, 0.2) is 0 Å². The molecular formula is C15H14Cl3N. The molecule has 0 fully saturated rings. The maximum atomic E-state index is 6.18. The lowest BCUT2D eigenvalue weighted by Gasteiger charge is -2.20. The Labute approximate surface area is 128 Å². The first-order chi connectivity index (χ1) is 9.10. The zero-order chi connectivity index (χ0) is 13.8. The lowest BCUT2D eigenvalue weighted by Crippen LogP contribution is -2.09. The van der Waals surface area contributed by atoms with Crippen LogP contribution in [-0.4, -0.2) is 0 Å². The third kappa shape index (κ3) is 3.79. The number of rotatable bonds is 4. The smallest absolute Gasteiger partial charge is 0.0652 e. The molecule has 100 valence electrons. The van der Waals surface area contributed by atoms with Gasteiger partial charge in [-0.2, -0.15) is 0 Å². The first kappa shape index (κ1) is 14.5. The van der Waals surface area contributed by atoms with Crippen LogP contribution in [0.1, 0.15) is 24.9 Å². The summed E-state index contributed by atoms with van der Waals surface area (Å²) in [7, 11) is 0. The monoisotopic (exact) mass is 313 g/mol. The summed E-state index contributed by atoms with van der Waals surface area (Å²) in [5, 5.41) is 5.40. The van der Waals surface area contributed by atoms with Gasteiger partial charge in [-0.05, 0) is 42.3 Å². The number of halogens is 3. The Hall–Kier alpha value is -0.890. The summed E-state index contributed by atoms with van der Waals surface area (Å²) in [6.45, 7) is 2.11. The van der Waals surface area contributed by atoms with E-state index in [0.717, 1.165) is 22.7 Å². The molecule has 0 radical (unpaired) electrons. The van der Waals surface area contributed by atoms with E-state index < -0.39 is 0 Å². The van der Waals surface area contributed by atoms with E-state index in [2.05, 4.69) is 18.3 Å². The van der Waals surface area contributed by atoms with Gasteiger partial charge >= 0.3 is 0 Å². The fourth-order valence-electron chi connectivity index (χ4n) is 1.94. The van der Waals surface area contributed by atoms with Crippen LogP contribution in [-0.2, 0) is 0 Å². The third-order valence-electron chi connectivity index (χ3n) is 2.92. The largest absolute Gasteiger partial charge is 0.377 e. The van der Waals surface area contributed by atoms with Crippen molar-refractivity contribution in [3.8, 4) is 0 Å². The SMILES string of the molecule is CCC(Nc1ccc(Cl)cc1Cl)c1cccc(Cl)c1. The van der Waals surface area contributed by atoms with E-state index in [9.17, 15) is 0 Å². The topological polar surface area (TPSA) is 12.0 Å². The predicted octanol–water partition coefficient (Wildman–Crippen LogP) is 6.21. The van der Waals surface area contributed by atoms with Gasteiger partial charge in [0, 0.05) is 10.0 Å². The molecule has 0 spiro atoms. The Morgan fingerprint density at radius 2 is 1.74 bits per heavy atom. The predicted molar refractivity (Wildman–Crippen MR) is 84.6 cm³/mol. The highest BCUT2D eigenvalue weighted by Crippen LogP contribution is 2.30. The maximum absolute atomic E-state index is 6.18. The minimum atomic E-state index is 0.164. The van der Waals surface area contributed by atoms with Gasteiger partial charge in [0.25, 0.3) is 0 Å². The standard InChI is InChI=1S/C15H14Cl3N/c1-2-14(10-4-3-5-11(16)8-10)19-15-7-6-12(17)9-13(15)18/h3-9,14,19H,2H2,1H3. The van der Waals surface area contributed by atoms with Crippen molar-refractivity contribution in [2.75, 3.05) is 5.32 Å². The highest BCUT2D eigenvalue weighted by molar-refractivity contribution is 6.36. The van der Waals surface area contributed by atoms with E-state index in [1.165, 1.54) is 0 Å². The van der Waals surface area contributed by atoms with E-state index in [0.29, 0.717) is 10.0 Å². The molecule has 0 aliphatic heterocycles. The van der Waals surface area contributed by atoms with Crippen LogP contribution < -0.4 is 5.32 Å². The van der Waals surface area contributed by atoms with Gasteiger partial charge < -0.3 is 5.32 Å². The highest BCUT2D eigenvalue weighted by atomic mass is 35.5.